The molecule has 23 heavy (non-hydrogen) atoms. The molecule has 1 aromatic heterocycles. The van der Waals surface area contributed by atoms with Gasteiger partial charge >= 0.3 is 0 Å². The van der Waals surface area contributed by atoms with Crippen LogP contribution in [0.25, 0.3) is 0 Å². The van der Waals surface area contributed by atoms with Crippen LogP contribution in [0.5, 0.6) is 0 Å². The average Bonchev–Trinajstić information content (AvgIpc) is 3.15. The van der Waals surface area contributed by atoms with E-state index < -0.39 is 0 Å². The molecular weight excluding hydrogens is 294 g/mol. The highest BCUT2D eigenvalue weighted by Gasteiger charge is 2.21. The first-order chi connectivity index (χ1) is 11.1. The summed E-state index contributed by atoms with van der Waals surface area (Å²) in [5.41, 5.74) is 2.36. The number of nitrogens with one attached hydrogen (secondary N) is 1. The van der Waals surface area contributed by atoms with E-state index in [0.29, 0.717) is 31.0 Å². The summed E-state index contributed by atoms with van der Waals surface area (Å²) in [6.07, 6.45) is 2.81. The lowest BCUT2D eigenvalue weighted by Crippen LogP contribution is -2.27. The Morgan fingerprint density at radius 1 is 1.35 bits per heavy atom. The van der Waals surface area contributed by atoms with E-state index in [0.717, 1.165) is 24.1 Å². The van der Waals surface area contributed by atoms with Crippen molar-refractivity contribution >= 4 is 11.8 Å². The summed E-state index contributed by atoms with van der Waals surface area (Å²) in [4.78, 5) is 29.7. The Morgan fingerprint density at radius 2 is 2.13 bits per heavy atom. The molecule has 1 aromatic carbocycles. The van der Waals surface area contributed by atoms with Crippen LogP contribution in [0, 0.1) is 6.92 Å². The monoisotopic (exact) mass is 313 g/mol. The molecule has 2 amide bonds. The standard InChI is InChI=1S/C17H19N3O3/c1-12-16(19-11-23-12)17(22)18-9-13-5-2-3-6-14(13)10-20-8-4-7-15(20)21/h2-3,5-6,11H,4,7-10H2,1H3,(H,18,22). The fourth-order valence-corrected chi connectivity index (χ4v) is 2.74. The third-order valence-corrected chi connectivity index (χ3v) is 4.05. The molecule has 0 radical (unpaired) electrons. The first kappa shape index (κ1) is 15.3. The highest BCUT2D eigenvalue weighted by molar-refractivity contribution is 5.93. The number of amides is 2. The van der Waals surface area contributed by atoms with Crippen LogP contribution < -0.4 is 5.32 Å². The zero-order chi connectivity index (χ0) is 16.2. The Bertz CT molecular complexity index is 723. The summed E-state index contributed by atoms with van der Waals surface area (Å²) < 4.78 is 5.05. The van der Waals surface area contributed by atoms with Crippen LogP contribution in [0.2, 0.25) is 0 Å². The van der Waals surface area contributed by atoms with Crippen LogP contribution in [0.15, 0.2) is 35.1 Å². The molecule has 0 unspecified atom stereocenters. The van der Waals surface area contributed by atoms with E-state index in [4.69, 9.17) is 4.42 Å². The molecule has 1 aliphatic heterocycles. The molecule has 2 heterocycles. The lowest BCUT2D eigenvalue weighted by atomic mass is 10.1. The van der Waals surface area contributed by atoms with E-state index in [2.05, 4.69) is 10.3 Å². The quantitative estimate of drug-likeness (QED) is 0.916. The molecule has 1 fully saturated rings. The first-order valence-corrected chi connectivity index (χ1v) is 7.68. The predicted octanol–water partition coefficient (Wildman–Crippen LogP) is 2.04. The van der Waals surface area contributed by atoms with Gasteiger partial charge in [0.15, 0.2) is 12.1 Å². The summed E-state index contributed by atoms with van der Waals surface area (Å²) in [5, 5.41) is 2.85. The highest BCUT2D eigenvalue weighted by Crippen LogP contribution is 2.17. The van der Waals surface area contributed by atoms with Crippen molar-refractivity contribution in [3.8, 4) is 0 Å². The van der Waals surface area contributed by atoms with Gasteiger partial charge in [-0.25, -0.2) is 4.98 Å². The molecule has 1 aliphatic rings. The number of aryl methyl sites for hydroxylation is 1. The SMILES string of the molecule is Cc1ocnc1C(=O)NCc1ccccc1CN1CCCC1=O. The van der Waals surface area contributed by atoms with Crippen molar-refractivity contribution in [3.63, 3.8) is 0 Å². The molecule has 6 nitrogen and oxygen atoms in total. The van der Waals surface area contributed by atoms with E-state index in [1.807, 2.05) is 29.2 Å². The Labute approximate surface area is 134 Å². The Morgan fingerprint density at radius 3 is 2.78 bits per heavy atom. The summed E-state index contributed by atoms with van der Waals surface area (Å²) >= 11 is 0. The van der Waals surface area contributed by atoms with Gasteiger partial charge in [-0.05, 0) is 24.5 Å². The van der Waals surface area contributed by atoms with Gasteiger partial charge in [0.05, 0.1) is 0 Å². The minimum atomic E-state index is -0.261. The fourth-order valence-electron chi connectivity index (χ4n) is 2.74. The number of hydrogen-bond acceptors (Lipinski definition) is 4. The lowest BCUT2D eigenvalue weighted by Gasteiger charge is -2.18. The van der Waals surface area contributed by atoms with E-state index in [1.165, 1.54) is 6.39 Å². The predicted molar refractivity (Wildman–Crippen MR) is 83.5 cm³/mol. The van der Waals surface area contributed by atoms with Crippen molar-refractivity contribution in [2.75, 3.05) is 6.54 Å². The second-order valence-corrected chi connectivity index (χ2v) is 5.63. The van der Waals surface area contributed by atoms with Gasteiger partial charge in [-0.1, -0.05) is 24.3 Å². The van der Waals surface area contributed by atoms with Crippen molar-refractivity contribution in [1.82, 2.24) is 15.2 Å². The van der Waals surface area contributed by atoms with E-state index in [-0.39, 0.29) is 11.8 Å². The molecular formula is C17H19N3O3. The molecule has 2 aromatic rings. The van der Waals surface area contributed by atoms with Gasteiger partial charge < -0.3 is 14.6 Å². The Kier molecular flexibility index (Phi) is 4.41. The summed E-state index contributed by atoms with van der Waals surface area (Å²) in [6, 6.07) is 7.83. The molecule has 120 valence electrons. The third kappa shape index (κ3) is 3.41. The first-order valence-electron chi connectivity index (χ1n) is 7.68. The number of aromatic nitrogens is 1. The molecule has 0 saturated carbocycles. The Hall–Kier alpha value is -2.63. The van der Waals surface area contributed by atoms with Crippen LogP contribution in [0.3, 0.4) is 0 Å². The smallest absolute Gasteiger partial charge is 0.273 e. The van der Waals surface area contributed by atoms with Gasteiger partial charge in [0.1, 0.15) is 5.76 Å². The Balaban J connectivity index is 1.67. The topological polar surface area (TPSA) is 75.4 Å². The zero-order valence-corrected chi connectivity index (χ0v) is 13.0. The van der Waals surface area contributed by atoms with Crippen molar-refractivity contribution in [2.45, 2.75) is 32.9 Å². The number of hydrogen-bond donors (Lipinski definition) is 1. The van der Waals surface area contributed by atoms with Crippen molar-refractivity contribution in [1.29, 1.82) is 0 Å². The molecule has 3 rings (SSSR count). The molecule has 1 N–H and O–H groups in total. The highest BCUT2D eigenvalue weighted by atomic mass is 16.3. The number of carbonyl (C=O) groups is 2. The second-order valence-electron chi connectivity index (χ2n) is 5.63. The molecule has 6 heteroatoms. The number of carbonyl (C=O) groups excluding carboxylic acids is 2. The normalized spacial score (nSPS) is 14.3. The van der Waals surface area contributed by atoms with Gasteiger partial charge in [-0.3, -0.25) is 9.59 Å². The molecule has 1 saturated heterocycles. The maximum atomic E-state index is 12.1. The van der Waals surface area contributed by atoms with Gasteiger partial charge in [-0.15, -0.1) is 0 Å². The van der Waals surface area contributed by atoms with Crippen LogP contribution in [0.4, 0.5) is 0 Å². The summed E-state index contributed by atoms with van der Waals surface area (Å²) in [7, 11) is 0. The average molecular weight is 313 g/mol. The van der Waals surface area contributed by atoms with Gasteiger partial charge in [-0.2, -0.15) is 0 Å². The van der Waals surface area contributed by atoms with E-state index >= 15 is 0 Å². The fraction of sp³-hybridized carbons (Fsp3) is 0.353. The maximum absolute atomic E-state index is 12.1. The zero-order valence-electron chi connectivity index (χ0n) is 13.0. The summed E-state index contributed by atoms with van der Waals surface area (Å²) in [6.45, 7) is 3.49. The van der Waals surface area contributed by atoms with Gasteiger partial charge in [0, 0.05) is 26.1 Å². The number of rotatable bonds is 5. The minimum Gasteiger partial charge on any atom is -0.448 e. The second kappa shape index (κ2) is 6.64. The van der Waals surface area contributed by atoms with Crippen LogP contribution in [-0.2, 0) is 17.9 Å². The number of likely N-dealkylation sites (tertiary alicyclic amines) is 1. The van der Waals surface area contributed by atoms with Gasteiger partial charge in [0.2, 0.25) is 5.91 Å². The van der Waals surface area contributed by atoms with Crippen LogP contribution >= 0.6 is 0 Å². The number of benzene rings is 1. The van der Waals surface area contributed by atoms with Crippen LogP contribution in [-0.4, -0.2) is 28.2 Å². The van der Waals surface area contributed by atoms with Crippen molar-refractivity contribution in [2.24, 2.45) is 0 Å². The molecule has 0 aliphatic carbocycles. The maximum Gasteiger partial charge on any atom is 0.273 e. The lowest BCUT2D eigenvalue weighted by molar-refractivity contribution is -0.128. The van der Waals surface area contributed by atoms with E-state index in [9.17, 15) is 9.59 Å². The van der Waals surface area contributed by atoms with E-state index in [1.54, 1.807) is 6.92 Å². The molecule has 0 bridgehead atoms. The third-order valence-electron chi connectivity index (χ3n) is 4.05. The largest absolute Gasteiger partial charge is 0.448 e. The van der Waals surface area contributed by atoms with Gasteiger partial charge in [0.25, 0.3) is 5.91 Å². The number of nitrogens with zero attached hydrogens (tertiary/aromatic N) is 2. The number of oxazole rings is 1. The van der Waals surface area contributed by atoms with Crippen molar-refractivity contribution < 1.29 is 14.0 Å². The van der Waals surface area contributed by atoms with Crippen molar-refractivity contribution in [3.05, 3.63) is 53.2 Å². The van der Waals surface area contributed by atoms with Crippen LogP contribution in [0.1, 0.15) is 40.2 Å². The minimum absolute atomic E-state index is 0.196. The molecule has 0 atom stereocenters. The summed E-state index contributed by atoms with van der Waals surface area (Å²) in [5.74, 6) is 0.434. The molecule has 0 spiro atoms.